The minimum atomic E-state index is 0. The molecule has 1 fully saturated rings. The van der Waals surface area contributed by atoms with Gasteiger partial charge in [-0.05, 0) is 30.5 Å². The summed E-state index contributed by atoms with van der Waals surface area (Å²) in [7, 11) is 1.74. The maximum Gasteiger partial charge on any atom is 0.157 e. The van der Waals surface area contributed by atoms with Crippen LogP contribution in [0.15, 0.2) is 29.5 Å². The third kappa shape index (κ3) is 4.13. The third-order valence-electron chi connectivity index (χ3n) is 6.07. The van der Waals surface area contributed by atoms with Crippen LogP contribution >= 0.6 is 24.2 Å². The zero-order valence-corrected chi connectivity index (χ0v) is 18.2. The largest absolute Gasteiger partial charge is 0.496 e. The summed E-state index contributed by atoms with van der Waals surface area (Å²) in [6.45, 7) is 0.958. The number of hydrogen-bond donors (Lipinski definition) is 3. The number of hydrogen-bond acceptors (Lipinski definition) is 6. The highest BCUT2D eigenvalue weighted by Gasteiger charge is 2.31. The van der Waals surface area contributed by atoms with Crippen molar-refractivity contribution in [2.75, 3.05) is 13.7 Å². The molecule has 2 aromatic rings. The molecular weight excluding hydrogens is 406 g/mol. The first kappa shape index (κ1) is 20.6. The molecule has 8 heteroatoms. The van der Waals surface area contributed by atoms with Gasteiger partial charge in [0.05, 0.1) is 37.3 Å². The van der Waals surface area contributed by atoms with E-state index in [1.165, 1.54) is 42.5 Å². The van der Waals surface area contributed by atoms with E-state index in [1.807, 2.05) is 0 Å². The number of amidine groups is 1. The maximum absolute atomic E-state index is 5.64. The fourth-order valence-electron chi connectivity index (χ4n) is 4.59. The standard InChI is InChI=1S/C21H27N5OS.ClH/c1-27-18-7-6-13(19-20-17(8-9-22-19)23-12-24-20)10-14(18)11-28-21-25-15-4-2-3-5-16(15)26-21;/h6-7,10,12,15-16,19,22H,2-5,8-9,11H2,1H3,(H,23,24)(H,25,26);1H. The van der Waals surface area contributed by atoms with E-state index in [0.717, 1.165) is 35.3 Å². The normalized spacial score (nSPS) is 25.3. The van der Waals surface area contributed by atoms with Gasteiger partial charge in [0.25, 0.3) is 0 Å². The van der Waals surface area contributed by atoms with Gasteiger partial charge in [-0.1, -0.05) is 30.7 Å². The Balaban J connectivity index is 0.00000205. The lowest BCUT2D eigenvalue weighted by molar-refractivity contribution is 0.385. The summed E-state index contributed by atoms with van der Waals surface area (Å²) in [4.78, 5) is 12.7. The molecule has 156 valence electrons. The molecule has 0 saturated heterocycles. The Morgan fingerprint density at radius 2 is 2.14 bits per heavy atom. The Bertz CT molecular complexity index is 886. The van der Waals surface area contributed by atoms with E-state index in [-0.39, 0.29) is 18.4 Å². The lowest BCUT2D eigenvalue weighted by Crippen LogP contribution is -2.36. The first-order valence-electron chi connectivity index (χ1n) is 10.2. The van der Waals surface area contributed by atoms with E-state index < -0.39 is 0 Å². The number of methoxy groups -OCH3 is 1. The molecule has 0 spiro atoms. The minimum absolute atomic E-state index is 0. The number of ether oxygens (including phenoxy) is 1. The molecule has 0 bridgehead atoms. The Morgan fingerprint density at radius 1 is 1.24 bits per heavy atom. The lowest BCUT2D eigenvalue weighted by Gasteiger charge is -2.24. The topological polar surface area (TPSA) is 74.3 Å². The summed E-state index contributed by atoms with van der Waals surface area (Å²) in [5.41, 5.74) is 4.79. The smallest absolute Gasteiger partial charge is 0.157 e. The number of nitrogens with one attached hydrogen (secondary N) is 3. The Kier molecular flexibility index (Phi) is 6.37. The van der Waals surface area contributed by atoms with Gasteiger partial charge in [-0.15, -0.1) is 12.4 Å². The summed E-state index contributed by atoms with van der Waals surface area (Å²) in [6.07, 6.45) is 7.90. The van der Waals surface area contributed by atoms with Crippen molar-refractivity contribution in [1.29, 1.82) is 0 Å². The molecule has 3 heterocycles. The number of H-pyrrole nitrogens is 1. The molecule has 6 nitrogen and oxygen atoms in total. The molecule has 2 aliphatic heterocycles. The molecule has 0 radical (unpaired) electrons. The Morgan fingerprint density at radius 3 is 3.00 bits per heavy atom. The van der Waals surface area contributed by atoms with Gasteiger partial charge in [0.15, 0.2) is 5.17 Å². The third-order valence-corrected chi connectivity index (χ3v) is 7.02. The first-order chi connectivity index (χ1) is 13.8. The molecular formula is C21H28ClN5OS. The Labute approximate surface area is 182 Å². The molecule has 3 N–H and O–H groups in total. The summed E-state index contributed by atoms with van der Waals surface area (Å²) < 4.78 is 5.64. The average molecular weight is 434 g/mol. The van der Waals surface area contributed by atoms with Crippen LogP contribution in [-0.4, -0.2) is 40.9 Å². The van der Waals surface area contributed by atoms with Gasteiger partial charge in [-0.2, -0.15) is 0 Å². The number of nitrogens with zero attached hydrogens (tertiary/aromatic N) is 2. The minimum Gasteiger partial charge on any atom is -0.496 e. The zero-order valence-electron chi connectivity index (χ0n) is 16.6. The van der Waals surface area contributed by atoms with E-state index >= 15 is 0 Å². The maximum atomic E-state index is 5.64. The van der Waals surface area contributed by atoms with E-state index in [9.17, 15) is 0 Å². The van der Waals surface area contributed by atoms with Crippen LogP contribution < -0.4 is 15.4 Å². The molecule has 1 aromatic carbocycles. The van der Waals surface area contributed by atoms with Gasteiger partial charge < -0.3 is 20.4 Å². The van der Waals surface area contributed by atoms with Gasteiger partial charge in [-0.3, -0.25) is 4.99 Å². The number of imidazole rings is 1. The summed E-state index contributed by atoms with van der Waals surface area (Å²) >= 11 is 1.79. The molecule has 5 rings (SSSR count). The van der Waals surface area contributed by atoms with Gasteiger partial charge in [0.2, 0.25) is 0 Å². The van der Waals surface area contributed by atoms with Crippen molar-refractivity contribution in [3.63, 3.8) is 0 Å². The summed E-state index contributed by atoms with van der Waals surface area (Å²) in [5.74, 6) is 1.79. The quantitative estimate of drug-likeness (QED) is 0.687. The molecule has 3 unspecified atom stereocenters. The second-order valence-corrected chi connectivity index (χ2v) is 8.76. The van der Waals surface area contributed by atoms with E-state index in [1.54, 1.807) is 25.2 Å². The first-order valence-corrected chi connectivity index (χ1v) is 11.2. The fourth-order valence-corrected chi connectivity index (χ4v) is 5.55. The second kappa shape index (κ2) is 8.98. The summed E-state index contributed by atoms with van der Waals surface area (Å²) in [5, 5.41) is 8.33. The highest BCUT2D eigenvalue weighted by atomic mass is 35.5. The van der Waals surface area contributed by atoms with Crippen molar-refractivity contribution < 1.29 is 4.74 Å². The van der Waals surface area contributed by atoms with Crippen LogP contribution in [0.2, 0.25) is 0 Å². The number of rotatable bonds is 4. The van der Waals surface area contributed by atoms with E-state index in [0.29, 0.717) is 12.1 Å². The van der Waals surface area contributed by atoms with E-state index in [2.05, 4.69) is 38.8 Å². The number of halogens is 1. The van der Waals surface area contributed by atoms with Crippen molar-refractivity contribution in [3.8, 4) is 5.75 Å². The predicted molar refractivity (Wildman–Crippen MR) is 120 cm³/mol. The van der Waals surface area contributed by atoms with Crippen molar-refractivity contribution >= 4 is 29.3 Å². The predicted octanol–water partition coefficient (Wildman–Crippen LogP) is 3.58. The molecule has 1 aliphatic carbocycles. The van der Waals surface area contributed by atoms with Gasteiger partial charge in [0.1, 0.15) is 5.75 Å². The van der Waals surface area contributed by atoms with Crippen LogP contribution in [0.3, 0.4) is 0 Å². The number of aromatic amines is 1. The van der Waals surface area contributed by atoms with Gasteiger partial charge in [0, 0.05) is 30.0 Å². The van der Waals surface area contributed by atoms with E-state index in [4.69, 9.17) is 9.73 Å². The van der Waals surface area contributed by atoms with Crippen molar-refractivity contribution in [1.82, 2.24) is 20.6 Å². The zero-order chi connectivity index (χ0) is 18.9. The fraction of sp³-hybridized carbons (Fsp3) is 0.524. The number of aromatic nitrogens is 2. The molecule has 3 aliphatic rings. The molecule has 1 saturated carbocycles. The van der Waals surface area contributed by atoms with Crippen molar-refractivity contribution in [3.05, 3.63) is 47.0 Å². The highest BCUT2D eigenvalue weighted by Crippen LogP contribution is 2.33. The number of aliphatic imine (C=N–C) groups is 1. The van der Waals surface area contributed by atoms with Crippen LogP contribution in [-0.2, 0) is 12.2 Å². The molecule has 29 heavy (non-hydrogen) atoms. The lowest BCUT2D eigenvalue weighted by atomic mass is 9.92. The number of thioether (sulfide) groups is 1. The van der Waals surface area contributed by atoms with Crippen LogP contribution in [0.1, 0.15) is 54.2 Å². The number of benzene rings is 1. The SMILES string of the molecule is COc1ccc(C2NCCc3[nH]cnc32)cc1CSC1=NC2CCCCC2N1.Cl. The van der Waals surface area contributed by atoms with Crippen molar-refractivity contribution in [2.45, 2.75) is 56.0 Å². The van der Waals surface area contributed by atoms with Crippen LogP contribution in [0, 0.1) is 0 Å². The molecule has 3 atom stereocenters. The van der Waals surface area contributed by atoms with Gasteiger partial charge >= 0.3 is 0 Å². The highest BCUT2D eigenvalue weighted by molar-refractivity contribution is 8.13. The molecule has 0 amide bonds. The van der Waals surface area contributed by atoms with Crippen LogP contribution in [0.25, 0.3) is 0 Å². The second-order valence-electron chi connectivity index (χ2n) is 7.80. The van der Waals surface area contributed by atoms with Gasteiger partial charge in [-0.25, -0.2) is 4.98 Å². The van der Waals surface area contributed by atoms with Crippen LogP contribution in [0.5, 0.6) is 5.75 Å². The van der Waals surface area contributed by atoms with Crippen molar-refractivity contribution in [2.24, 2.45) is 4.99 Å². The Hall–Kier alpha value is -1.70. The van der Waals surface area contributed by atoms with Crippen LogP contribution in [0.4, 0.5) is 0 Å². The average Bonchev–Trinajstić information content (AvgIpc) is 3.38. The summed E-state index contributed by atoms with van der Waals surface area (Å²) in [6, 6.07) is 7.65. The molecule has 1 aromatic heterocycles. The monoisotopic (exact) mass is 433 g/mol. The number of fused-ring (bicyclic) bond motifs is 2.